The molecular formula is C29H22BrN7OS. The van der Waals surface area contributed by atoms with Gasteiger partial charge in [-0.1, -0.05) is 58.0 Å². The molecule has 0 aliphatic rings. The number of ketones is 1. The molecule has 6 aromatic rings. The number of aromatic amines is 1. The third-order valence-corrected chi connectivity index (χ3v) is 7.31. The van der Waals surface area contributed by atoms with Crippen molar-refractivity contribution in [1.82, 2.24) is 29.5 Å². The number of halogens is 1. The summed E-state index contributed by atoms with van der Waals surface area (Å²) in [7, 11) is 0. The fourth-order valence-electron chi connectivity index (χ4n) is 4.03. The fraction of sp³-hybridized carbons (Fsp3) is 0.0690. The summed E-state index contributed by atoms with van der Waals surface area (Å²) in [5, 5.41) is 8.65. The van der Waals surface area contributed by atoms with Crippen molar-refractivity contribution in [2.75, 3.05) is 5.32 Å². The Morgan fingerprint density at radius 2 is 1.82 bits per heavy atom. The number of benzene rings is 3. The Kier molecular flexibility index (Phi) is 6.95. The SMILES string of the molecule is Cc1cc(Nc2ccc(C(=O)/C=C/c3ccc(Br)cc3)cc2)n2nc(SCc3nc4ccccc4[nH]3)nc2n1. The minimum Gasteiger partial charge on any atom is -0.341 e. The highest BCUT2D eigenvalue weighted by Gasteiger charge is 2.12. The van der Waals surface area contributed by atoms with Crippen molar-refractivity contribution < 1.29 is 4.79 Å². The van der Waals surface area contributed by atoms with Gasteiger partial charge in [0.2, 0.25) is 5.16 Å². The lowest BCUT2D eigenvalue weighted by Crippen LogP contribution is -2.03. The molecule has 6 rings (SSSR count). The second-order valence-electron chi connectivity index (χ2n) is 8.83. The highest BCUT2D eigenvalue weighted by atomic mass is 79.9. The number of aryl methyl sites for hydroxylation is 1. The molecule has 0 saturated carbocycles. The van der Waals surface area contributed by atoms with E-state index in [0.29, 0.717) is 22.3 Å². The van der Waals surface area contributed by atoms with Crippen molar-refractivity contribution in [3.05, 3.63) is 112 Å². The van der Waals surface area contributed by atoms with E-state index in [1.54, 1.807) is 22.7 Å². The number of rotatable bonds is 8. The minimum atomic E-state index is -0.0611. The van der Waals surface area contributed by atoms with E-state index in [9.17, 15) is 4.79 Å². The van der Waals surface area contributed by atoms with Crippen molar-refractivity contribution in [3.8, 4) is 0 Å². The normalized spacial score (nSPS) is 11.5. The largest absolute Gasteiger partial charge is 0.341 e. The Hall–Kier alpha value is -4.28. The van der Waals surface area contributed by atoms with Crippen LogP contribution in [-0.4, -0.2) is 35.3 Å². The molecule has 0 aliphatic carbocycles. The van der Waals surface area contributed by atoms with Gasteiger partial charge in [0.15, 0.2) is 5.78 Å². The van der Waals surface area contributed by atoms with Crippen molar-refractivity contribution in [2.45, 2.75) is 17.8 Å². The third-order valence-electron chi connectivity index (χ3n) is 5.94. The van der Waals surface area contributed by atoms with E-state index in [0.717, 1.165) is 44.1 Å². The van der Waals surface area contributed by atoms with Gasteiger partial charge in [0.05, 0.1) is 16.8 Å². The van der Waals surface area contributed by atoms with Gasteiger partial charge in [-0.2, -0.15) is 9.50 Å². The van der Waals surface area contributed by atoms with Crippen LogP contribution in [0.2, 0.25) is 0 Å². The number of imidazole rings is 1. The summed E-state index contributed by atoms with van der Waals surface area (Å²) in [5.74, 6) is 2.65. The van der Waals surface area contributed by atoms with Gasteiger partial charge in [0.1, 0.15) is 11.6 Å². The van der Waals surface area contributed by atoms with E-state index in [1.807, 2.05) is 79.7 Å². The minimum absolute atomic E-state index is 0.0611. The lowest BCUT2D eigenvalue weighted by Gasteiger charge is -2.09. The zero-order chi connectivity index (χ0) is 26.8. The molecule has 0 atom stereocenters. The van der Waals surface area contributed by atoms with Crippen LogP contribution in [0, 0.1) is 6.92 Å². The fourth-order valence-corrected chi connectivity index (χ4v) is 4.99. The van der Waals surface area contributed by atoms with Crippen molar-refractivity contribution in [2.24, 2.45) is 0 Å². The van der Waals surface area contributed by atoms with Crippen LogP contribution in [0.15, 0.2) is 94.6 Å². The molecule has 0 unspecified atom stereocenters. The smallest absolute Gasteiger partial charge is 0.255 e. The van der Waals surface area contributed by atoms with Crippen molar-refractivity contribution in [1.29, 1.82) is 0 Å². The van der Waals surface area contributed by atoms with Crippen LogP contribution in [0.1, 0.15) is 27.4 Å². The van der Waals surface area contributed by atoms with Crippen LogP contribution < -0.4 is 5.32 Å². The number of allylic oxidation sites excluding steroid dienone is 1. The summed E-state index contributed by atoms with van der Waals surface area (Å²) < 4.78 is 2.69. The van der Waals surface area contributed by atoms with Crippen molar-refractivity contribution in [3.63, 3.8) is 0 Å². The number of hydrogen-bond acceptors (Lipinski definition) is 7. The molecular weight excluding hydrogens is 574 g/mol. The maximum absolute atomic E-state index is 12.6. The Morgan fingerprint density at radius 1 is 1.03 bits per heavy atom. The van der Waals surface area contributed by atoms with Gasteiger partial charge in [-0.25, -0.2) is 9.97 Å². The lowest BCUT2D eigenvalue weighted by molar-refractivity contribution is 0.104. The number of thioether (sulfide) groups is 1. The second kappa shape index (κ2) is 10.8. The Bertz CT molecular complexity index is 1790. The number of carbonyl (C=O) groups excluding carboxylic acids is 1. The average molecular weight is 597 g/mol. The number of anilines is 2. The van der Waals surface area contributed by atoms with Gasteiger partial charge in [-0.3, -0.25) is 4.79 Å². The first-order chi connectivity index (χ1) is 19.0. The highest BCUT2D eigenvalue weighted by molar-refractivity contribution is 9.10. The van der Waals surface area contributed by atoms with E-state index < -0.39 is 0 Å². The average Bonchev–Trinajstić information content (AvgIpc) is 3.55. The Balaban J connectivity index is 1.16. The molecule has 39 heavy (non-hydrogen) atoms. The molecule has 0 bridgehead atoms. The molecule has 192 valence electrons. The number of H-pyrrole nitrogens is 1. The van der Waals surface area contributed by atoms with Crippen LogP contribution in [0.4, 0.5) is 11.5 Å². The van der Waals surface area contributed by atoms with Gasteiger partial charge in [0, 0.05) is 27.5 Å². The van der Waals surface area contributed by atoms with Gasteiger partial charge in [-0.05, 0) is 67.1 Å². The monoisotopic (exact) mass is 595 g/mol. The molecule has 3 aromatic carbocycles. The number of nitrogens with one attached hydrogen (secondary N) is 2. The quantitative estimate of drug-likeness (QED) is 0.111. The third kappa shape index (κ3) is 5.76. The molecule has 3 heterocycles. The predicted octanol–water partition coefficient (Wildman–Crippen LogP) is 7.00. The number of hydrogen-bond donors (Lipinski definition) is 2. The maximum Gasteiger partial charge on any atom is 0.255 e. The standard InChI is InChI=1S/C29H22BrN7OS/c1-18-16-27(32-22-13-9-20(10-14-22)25(38)15-8-19-6-11-21(30)12-7-19)37-28(31-18)35-29(36-37)39-17-26-33-23-4-2-3-5-24(23)34-26/h2-16,32H,17H2,1H3,(H,33,34)/b15-8+. The molecule has 0 saturated heterocycles. The predicted molar refractivity (Wildman–Crippen MR) is 158 cm³/mol. The summed E-state index contributed by atoms with van der Waals surface area (Å²) in [6.45, 7) is 1.92. The number of nitrogens with zero attached hydrogens (tertiary/aromatic N) is 5. The van der Waals surface area contributed by atoms with Gasteiger partial charge in [-0.15, -0.1) is 5.10 Å². The number of fused-ring (bicyclic) bond motifs is 2. The molecule has 0 aliphatic heterocycles. The van der Waals surface area contributed by atoms with E-state index in [-0.39, 0.29) is 5.78 Å². The first kappa shape index (κ1) is 25.0. The van der Waals surface area contributed by atoms with Crippen LogP contribution in [0.25, 0.3) is 22.9 Å². The van der Waals surface area contributed by atoms with Crippen molar-refractivity contribution >= 4 is 67.9 Å². The van der Waals surface area contributed by atoms with E-state index in [4.69, 9.17) is 0 Å². The summed E-state index contributed by atoms with van der Waals surface area (Å²) in [6.07, 6.45) is 3.40. The molecule has 10 heteroatoms. The summed E-state index contributed by atoms with van der Waals surface area (Å²) in [6, 6.07) is 25.0. The Labute approximate surface area is 236 Å². The van der Waals surface area contributed by atoms with Crippen LogP contribution in [-0.2, 0) is 5.75 Å². The van der Waals surface area contributed by atoms with Gasteiger partial charge < -0.3 is 10.3 Å². The second-order valence-corrected chi connectivity index (χ2v) is 10.7. The molecule has 8 nitrogen and oxygen atoms in total. The van der Waals surface area contributed by atoms with Crippen LogP contribution in [0.3, 0.4) is 0 Å². The van der Waals surface area contributed by atoms with Gasteiger partial charge >= 0.3 is 0 Å². The van der Waals surface area contributed by atoms with E-state index in [2.05, 4.69) is 46.3 Å². The van der Waals surface area contributed by atoms with E-state index in [1.165, 1.54) is 11.8 Å². The van der Waals surface area contributed by atoms with Crippen LogP contribution >= 0.6 is 27.7 Å². The van der Waals surface area contributed by atoms with E-state index >= 15 is 0 Å². The molecule has 3 aromatic heterocycles. The molecule has 0 spiro atoms. The number of carbonyl (C=O) groups is 1. The van der Waals surface area contributed by atoms with Crippen LogP contribution in [0.5, 0.6) is 0 Å². The molecule has 0 fully saturated rings. The molecule has 2 N–H and O–H groups in total. The number of aromatic nitrogens is 6. The molecule has 0 radical (unpaired) electrons. The first-order valence-electron chi connectivity index (χ1n) is 12.2. The number of para-hydroxylation sites is 2. The lowest BCUT2D eigenvalue weighted by atomic mass is 10.1. The zero-order valence-corrected chi connectivity index (χ0v) is 23.2. The highest BCUT2D eigenvalue weighted by Crippen LogP contribution is 2.24. The first-order valence-corrected chi connectivity index (χ1v) is 13.9. The Morgan fingerprint density at radius 3 is 2.62 bits per heavy atom. The summed E-state index contributed by atoms with van der Waals surface area (Å²) in [4.78, 5) is 29.7. The van der Waals surface area contributed by atoms with Gasteiger partial charge in [0.25, 0.3) is 5.78 Å². The summed E-state index contributed by atoms with van der Waals surface area (Å²) >= 11 is 4.91. The topological polar surface area (TPSA) is 101 Å². The maximum atomic E-state index is 12.6. The molecule has 0 amide bonds. The summed E-state index contributed by atoms with van der Waals surface area (Å²) in [5.41, 5.74) is 5.15. The zero-order valence-electron chi connectivity index (χ0n) is 20.8.